The highest BCUT2D eigenvalue weighted by molar-refractivity contribution is 9.11. The summed E-state index contributed by atoms with van der Waals surface area (Å²) in [5.74, 6) is 0. The molecule has 3 nitrogen and oxygen atoms in total. The molecule has 0 fully saturated rings. The van der Waals surface area contributed by atoms with Gasteiger partial charge < -0.3 is 0 Å². The van der Waals surface area contributed by atoms with E-state index in [0.717, 1.165) is 11.3 Å². The first kappa shape index (κ1) is 8.09. The van der Waals surface area contributed by atoms with Gasteiger partial charge in [-0.2, -0.15) is 8.42 Å². The molecule has 0 saturated heterocycles. The van der Waals surface area contributed by atoms with E-state index in [1.807, 2.05) is 0 Å². The summed E-state index contributed by atoms with van der Waals surface area (Å²) in [6.45, 7) is 0. The molecular weight excluding hydrogens is 245 g/mol. The third-order valence-electron chi connectivity index (χ3n) is 0.665. The van der Waals surface area contributed by atoms with Crippen LogP contribution < -0.4 is 0 Å². The zero-order valence-corrected chi connectivity index (χ0v) is 7.63. The summed E-state index contributed by atoms with van der Waals surface area (Å²) in [5, 5.41) is 0. The Morgan fingerprint density at radius 2 is 2.30 bits per heavy atom. The van der Waals surface area contributed by atoms with E-state index in [-0.39, 0.29) is 0 Å². The van der Waals surface area contributed by atoms with Gasteiger partial charge in [0.1, 0.15) is 0 Å². The average molecular weight is 246 g/mol. The Bertz CT molecular complexity index is 332. The third-order valence-corrected chi connectivity index (χ3v) is 3.31. The predicted octanol–water partition coefficient (Wildman–Crippen LogP) is 1.56. The summed E-state index contributed by atoms with van der Waals surface area (Å²) < 4.78 is 32.2. The Balaban J connectivity index is 3.21. The number of hydrogen-bond donors (Lipinski definition) is 0. The van der Waals surface area contributed by atoms with Gasteiger partial charge in [0.05, 0.1) is 9.98 Å². The lowest BCUT2D eigenvalue weighted by atomic mass is 11.0. The standard InChI is InChI=1S/C3HBrFNO2S2/c4-2-1-6-3(9-2)10(5,7)8/h1H. The highest BCUT2D eigenvalue weighted by Crippen LogP contribution is 2.23. The zero-order chi connectivity index (χ0) is 7.78. The first-order valence-electron chi connectivity index (χ1n) is 2.06. The summed E-state index contributed by atoms with van der Waals surface area (Å²) in [6.07, 6.45) is 1.23. The number of aromatic nitrogens is 1. The van der Waals surface area contributed by atoms with Crippen LogP contribution in [0.15, 0.2) is 14.3 Å². The van der Waals surface area contributed by atoms with Crippen LogP contribution in [0.3, 0.4) is 0 Å². The van der Waals surface area contributed by atoms with Crippen molar-refractivity contribution in [3.05, 3.63) is 9.98 Å². The van der Waals surface area contributed by atoms with Crippen LogP contribution in [-0.4, -0.2) is 13.4 Å². The largest absolute Gasteiger partial charge is 0.359 e. The van der Waals surface area contributed by atoms with E-state index in [0.29, 0.717) is 3.79 Å². The van der Waals surface area contributed by atoms with Gasteiger partial charge in [0.25, 0.3) is 0 Å². The summed E-state index contributed by atoms with van der Waals surface area (Å²) in [7, 11) is -4.60. The van der Waals surface area contributed by atoms with Gasteiger partial charge in [0.15, 0.2) is 0 Å². The van der Waals surface area contributed by atoms with Gasteiger partial charge in [-0.3, -0.25) is 0 Å². The number of nitrogens with zero attached hydrogens (tertiary/aromatic N) is 1. The molecule has 0 radical (unpaired) electrons. The molecule has 7 heteroatoms. The maximum atomic E-state index is 12.0. The fraction of sp³-hybridized carbons (Fsp3) is 0. The molecule has 1 heterocycles. The molecule has 0 aliphatic heterocycles. The van der Waals surface area contributed by atoms with Crippen molar-refractivity contribution in [3.8, 4) is 0 Å². The number of thiazole rings is 1. The van der Waals surface area contributed by atoms with Crippen molar-refractivity contribution < 1.29 is 12.3 Å². The van der Waals surface area contributed by atoms with E-state index >= 15 is 0 Å². The molecule has 10 heavy (non-hydrogen) atoms. The molecule has 0 N–H and O–H groups in total. The first-order chi connectivity index (χ1) is 4.50. The van der Waals surface area contributed by atoms with Gasteiger partial charge in [-0.05, 0) is 15.9 Å². The minimum absolute atomic E-state index is 0.490. The fourth-order valence-electron chi connectivity index (χ4n) is 0.352. The minimum Gasteiger partial charge on any atom is -0.230 e. The van der Waals surface area contributed by atoms with Crippen molar-refractivity contribution in [2.24, 2.45) is 0 Å². The molecule has 0 spiro atoms. The SMILES string of the molecule is O=S(=O)(F)c1ncc(Br)s1. The van der Waals surface area contributed by atoms with Crippen LogP contribution in [0.5, 0.6) is 0 Å². The Morgan fingerprint density at radius 3 is 2.50 bits per heavy atom. The Morgan fingerprint density at radius 1 is 1.70 bits per heavy atom. The molecule has 56 valence electrons. The van der Waals surface area contributed by atoms with E-state index in [1.165, 1.54) is 6.20 Å². The first-order valence-corrected chi connectivity index (χ1v) is 5.05. The molecule has 0 aromatic carbocycles. The Hall–Kier alpha value is -0.0100. The van der Waals surface area contributed by atoms with Crippen molar-refractivity contribution >= 4 is 37.5 Å². The summed E-state index contributed by atoms with van der Waals surface area (Å²) in [6, 6.07) is 0. The lowest BCUT2D eigenvalue weighted by molar-refractivity contribution is 0.551. The van der Waals surface area contributed by atoms with Gasteiger partial charge in [-0.15, -0.1) is 0 Å². The number of rotatable bonds is 1. The van der Waals surface area contributed by atoms with Gasteiger partial charge in [-0.25, -0.2) is 4.98 Å². The fourth-order valence-corrected chi connectivity index (χ4v) is 2.46. The molecule has 0 saturated carbocycles. The molecule has 0 unspecified atom stereocenters. The molecule has 0 atom stereocenters. The van der Waals surface area contributed by atoms with Crippen LogP contribution in [0.1, 0.15) is 0 Å². The zero-order valence-electron chi connectivity index (χ0n) is 4.41. The molecule has 1 aromatic rings. The Kier molecular flexibility index (Phi) is 2.07. The van der Waals surface area contributed by atoms with E-state index in [4.69, 9.17) is 0 Å². The van der Waals surface area contributed by atoms with Gasteiger partial charge in [0.2, 0.25) is 4.34 Å². The van der Waals surface area contributed by atoms with Gasteiger partial charge in [-0.1, -0.05) is 15.2 Å². The van der Waals surface area contributed by atoms with Gasteiger partial charge in [0, 0.05) is 0 Å². The predicted molar refractivity (Wildman–Crippen MR) is 38.1 cm³/mol. The molecular formula is C3HBrFNO2S2. The van der Waals surface area contributed by atoms with E-state index in [9.17, 15) is 12.3 Å². The minimum atomic E-state index is -4.60. The topological polar surface area (TPSA) is 47.0 Å². The molecule has 0 aliphatic carbocycles. The molecule has 1 rings (SSSR count). The molecule has 0 aliphatic rings. The second-order valence-corrected chi connectivity index (χ2v) is 5.30. The van der Waals surface area contributed by atoms with Crippen LogP contribution in [0, 0.1) is 0 Å². The van der Waals surface area contributed by atoms with E-state index in [1.54, 1.807) is 0 Å². The van der Waals surface area contributed by atoms with Crippen LogP contribution in [0.2, 0.25) is 0 Å². The third kappa shape index (κ3) is 1.74. The van der Waals surface area contributed by atoms with E-state index in [2.05, 4.69) is 20.9 Å². The van der Waals surface area contributed by atoms with E-state index < -0.39 is 14.6 Å². The van der Waals surface area contributed by atoms with Crippen LogP contribution in [0.25, 0.3) is 0 Å². The Labute approximate surface area is 69.2 Å². The lowest BCUT2D eigenvalue weighted by Crippen LogP contribution is -1.88. The van der Waals surface area contributed by atoms with Crippen molar-refractivity contribution in [2.45, 2.75) is 4.34 Å². The second kappa shape index (κ2) is 2.55. The monoisotopic (exact) mass is 245 g/mol. The summed E-state index contributed by atoms with van der Waals surface area (Å²) in [5.41, 5.74) is 0. The van der Waals surface area contributed by atoms with Crippen molar-refractivity contribution in [1.29, 1.82) is 0 Å². The van der Waals surface area contributed by atoms with Crippen LogP contribution in [-0.2, 0) is 10.2 Å². The average Bonchev–Trinajstić information content (AvgIpc) is 2.11. The molecule has 0 bridgehead atoms. The smallest absolute Gasteiger partial charge is 0.230 e. The number of halogens is 2. The summed E-state index contributed by atoms with van der Waals surface area (Å²) in [4.78, 5) is 3.30. The summed E-state index contributed by atoms with van der Waals surface area (Å²) >= 11 is 3.69. The lowest BCUT2D eigenvalue weighted by Gasteiger charge is -1.80. The van der Waals surface area contributed by atoms with Gasteiger partial charge >= 0.3 is 10.2 Å². The highest BCUT2D eigenvalue weighted by atomic mass is 79.9. The number of hydrogen-bond acceptors (Lipinski definition) is 4. The maximum Gasteiger partial charge on any atom is 0.359 e. The quantitative estimate of drug-likeness (QED) is 0.706. The van der Waals surface area contributed by atoms with Crippen molar-refractivity contribution in [2.75, 3.05) is 0 Å². The van der Waals surface area contributed by atoms with Crippen LogP contribution >= 0.6 is 27.3 Å². The highest BCUT2D eigenvalue weighted by Gasteiger charge is 2.15. The molecule has 0 amide bonds. The second-order valence-electron chi connectivity index (χ2n) is 1.37. The van der Waals surface area contributed by atoms with Crippen molar-refractivity contribution in [1.82, 2.24) is 4.98 Å². The normalized spacial score (nSPS) is 11.8. The van der Waals surface area contributed by atoms with Crippen LogP contribution in [0.4, 0.5) is 3.89 Å². The molecule has 1 aromatic heterocycles. The van der Waals surface area contributed by atoms with Crippen molar-refractivity contribution in [3.63, 3.8) is 0 Å². The maximum absolute atomic E-state index is 12.0.